The van der Waals surface area contributed by atoms with E-state index in [0.29, 0.717) is 5.56 Å². The molecule has 1 atom stereocenters. The molecule has 0 aromatic heterocycles. The van der Waals surface area contributed by atoms with Crippen molar-refractivity contribution in [3.63, 3.8) is 0 Å². The summed E-state index contributed by atoms with van der Waals surface area (Å²) >= 11 is 2.17. The first-order valence-electron chi connectivity index (χ1n) is 7.44. The van der Waals surface area contributed by atoms with Gasteiger partial charge in [0, 0.05) is 9.99 Å². The van der Waals surface area contributed by atoms with Crippen molar-refractivity contribution in [2.75, 3.05) is 7.11 Å². The van der Waals surface area contributed by atoms with Crippen LogP contribution in [0.15, 0.2) is 42.5 Å². The van der Waals surface area contributed by atoms with Crippen LogP contribution < -0.4 is 5.32 Å². The van der Waals surface area contributed by atoms with Crippen LogP contribution in [0.4, 0.5) is 8.78 Å². The van der Waals surface area contributed by atoms with E-state index in [9.17, 15) is 18.4 Å². The van der Waals surface area contributed by atoms with Gasteiger partial charge < -0.3 is 10.1 Å². The molecule has 132 valence electrons. The number of esters is 1. The highest BCUT2D eigenvalue weighted by Gasteiger charge is 2.22. The van der Waals surface area contributed by atoms with Crippen LogP contribution in [-0.2, 0) is 27.2 Å². The number of hydrogen-bond donors (Lipinski definition) is 1. The van der Waals surface area contributed by atoms with E-state index in [-0.39, 0.29) is 12.8 Å². The lowest BCUT2D eigenvalue weighted by atomic mass is 10.1. The van der Waals surface area contributed by atoms with Crippen molar-refractivity contribution in [1.29, 1.82) is 0 Å². The third-order valence-corrected chi connectivity index (χ3v) is 4.24. The minimum absolute atomic E-state index is 0.169. The number of methoxy groups -OCH3 is 1. The Morgan fingerprint density at radius 2 is 1.72 bits per heavy atom. The Hall–Kier alpha value is -2.03. The highest BCUT2D eigenvalue weighted by atomic mass is 127. The van der Waals surface area contributed by atoms with Crippen molar-refractivity contribution in [1.82, 2.24) is 5.32 Å². The van der Waals surface area contributed by atoms with Crippen LogP contribution in [-0.4, -0.2) is 25.0 Å². The van der Waals surface area contributed by atoms with Crippen molar-refractivity contribution >= 4 is 34.5 Å². The van der Waals surface area contributed by atoms with Crippen LogP contribution in [0, 0.1) is 15.2 Å². The van der Waals surface area contributed by atoms with Crippen LogP contribution in [0.2, 0.25) is 0 Å². The first-order valence-corrected chi connectivity index (χ1v) is 8.52. The second-order valence-corrected chi connectivity index (χ2v) is 6.64. The second-order valence-electron chi connectivity index (χ2n) is 5.40. The highest BCUT2D eigenvalue weighted by molar-refractivity contribution is 14.1. The van der Waals surface area contributed by atoms with E-state index in [1.807, 2.05) is 24.3 Å². The molecule has 7 heteroatoms. The van der Waals surface area contributed by atoms with Gasteiger partial charge in [0.25, 0.3) is 0 Å². The fraction of sp³-hybridized carbons (Fsp3) is 0.222. The van der Waals surface area contributed by atoms with Gasteiger partial charge in [-0.3, -0.25) is 4.79 Å². The molecule has 0 aliphatic carbocycles. The summed E-state index contributed by atoms with van der Waals surface area (Å²) in [4.78, 5) is 24.1. The molecule has 0 unspecified atom stereocenters. The van der Waals surface area contributed by atoms with Gasteiger partial charge in [-0.25, -0.2) is 13.6 Å². The minimum atomic E-state index is -1.02. The van der Waals surface area contributed by atoms with Gasteiger partial charge in [0.15, 0.2) is 11.6 Å². The molecule has 0 fully saturated rings. The maximum absolute atomic E-state index is 13.2. The number of benzene rings is 2. The highest BCUT2D eigenvalue weighted by Crippen LogP contribution is 2.11. The zero-order chi connectivity index (χ0) is 18.4. The summed E-state index contributed by atoms with van der Waals surface area (Å²) in [6, 6.07) is 9.90. The van der Waals surface area contributed by atoms with Crippen LogP contribution in [0.5, 0.6) is 0 Å². The molecule has 0 spiro atoms. The van der Waals surface area contributed by atoms with Crippen molar-refractivity contribution in [3.05, 3.63) is 68.8 Å². The van der Waals surface area contributed by atoms with E-state index >= 15 is 0 Å². The largest absolute Gasteiger partial charge is 0.467 e. The molecule has 1 N–H and O–H groups in total. The minimum Gasteiger partial charge on any atom is -0.467 e. The Labute approximate surface area is 157 Å². The second kappa shape index (κ2) is 8.89. The van der Waals surface area contributed by atoms with Crippen LogP contribution in [0.1, 0.15) is 11.1 Å². The molecule has 0 bridgehead atoms. The molecule has 4 nitrogen and oxygen atoms in total. The van der Waals surface area contributed by atoms with Crippen molar-refractivity contribution in [2.24, 2.45) is 0 Å². The summed E-state index contributed by atoms with van der Waals surface area (Å²) in [6.45, 7) is 0. The van der Waals surface area contributed by atoms with Gasteiger partial charge in [-0.2, -0.15) is 0 Å². The van der Waals surface area contributed by atoms with Gasteiger partial charge in [-0.05, 0) is 58.0 Å². The quantitative estimate of drug-likeness (QED) is 0.534. The lowest BCUT2D eigenvalue weighted by Crippen LogP contribution is -2.43. The molecule has 2 aromatic rings. The molecule has 2 rings (SSSR count). The average molecular weight is 459 g/mol. The Morgan fingerprint density at radius 1 is 1.08 bits per heavy atom. The van der Waals surface area contributed by atoms with Gasteiger partial charge in [-0.1, -0.05) is 18.2 Å². The standard InChI is InChI=1S/C18H16F2INO3/c1-25-18(24)16(9-11-2-5-13(21)6-3-11)22-17(23)10-12-4-7-14(19)15(20)8-12/h2-8,16H,9-10H2,1H3,(H,22,23)/t16-/m0/s1. The molecular weight excluding hydrogens is 443 g/mol. The fourth-order valence-electron chi connectivity index (χ4n) is 2.27. The van der Waals surface area contributed by atoms with Crippen LogP contribution >= 0.6 is 22.6 Å². The number of amides is 1. The van der Waals surface area contributed by atoms with Gasteiger partial charge in [0.1, 0.15) is 6.04 Å². The molecule has 2 aromatic carbocycles. The molecule has 0 saturated carbocycles. The predicted molar refractivity (Wildman–Crippen MR) is 96.9 cm³/mol. The average Bonchev–Trinajstić information content (AvgIpc) is 2.58. The number of halogens is 3. The third kappa shape index (κ3) is 5.77. The smallest absolute Gasteiger partial charge is 0.328 e. The molecule has 0 aliphatic rings. The first-order chi connectivity index (χ1) is 11.9. The molecule has 0 heterocycles. The Kier molecular flexibility index (Phi) is 6.86. The number of nitrogens with one attached hydrogen (secondary N) is 1. The summed E-state index contributed by atoms with van der Waals surface area (Å²) in [7, 11) is 1.24. The van der Waals surface area contributed by atoms with Gasteiger partial charge in [0.05, 0.1) is 13.5 Å². The molecular formula is C18H16F2INO3. The Bertz CT molecular complexity index is 765. The van der Waals surface area contributed by atoms with E-state index in [1.54, 1.807) is 0 Å². The number of ether oxygens (including phenoxy) is 1. The van der Waals surface area contributed by atoms with Crippen LogP contribution in [0.3, 0.4) is 0 Å². The van der Waals surface area contributed by atoms with Crippen molar-refractivity contribution in [3.8, 4) is 0 Å². The van der Waals surface area contributed by atoms with E-state index in [2.05, 4.69) is 27.9 Å². The van der Waals surface area contributed by atoms with E-state index in [4.69, 9.17) is 4.74 Å². The van der Waals surface area contributed by atoms with Gasteiger partial charge in [-0.15, -0.1) is 0 Å². The van der Waals surface area contributed by atoms with Crippen LogP contribution in [0.25, 0.3) is 0 Å². The number of carbonyl (C=O) groups is 2. The summed E-state index contributed by atoms with van der Waals surface area (Å²) in [5.41, 5.74) is 1.18. The first kappa shape index (κ1) is 19.3. The lowest BCUT2D eigenvalue weighted by Gasteiger charge is -2.17. The summed E-state index contributed by atoms with van der Waals surface area (Å²) < 4.78 is 31.9. The number of carbonyl (C=O) groups excluding carboxylic acids is 2. The Balaban J connectivity index is 2.05. The third-order valence-electron chi connectivity index (χ3n) is 3.52. The van der Waals surface area contributed by atoms with E-state index in [0.717, 1.165) is 21.3 Å². The maximum Gasteiger partial charge on any atom is 0.328 e. The molecule has 25 heavy (non-hydrogen) atoms. The number of hydrogen-bond acceptors (Lipinski definition) is 3. The van der Waals surface area contributed by atoms with Gasteiger partial charge >= 0.3 is 5.97 Å². The molecule has 0 radical (unpaired) electrons. The van der Waals surface area contributed by atoms with Crippen molar-refractivity contribution < 1.29 is 23.1 Å². The molecule has 0 aliphatic heterocycles. The predicted octanol–water partition coefficient (Wildman–Crippen LogP) is 3.01. The normalized spacial score (nSPS) is 11.7. The monoisotopic (exact) mass is 459 g/mol. The summed E-state index contributed by atoms with van der Waals surface area (Å²) in [5, 5.41) is 2.58. The Morgan fingerprint density at radius 3 is 2.32 bits per heavy atom. The summed E-state index contributed by atoms with van der Waals surface area (Å²) in [6.07, 6.45) is 0.102. The lowest BCUT2D eigenvalue weighted by molar-refractivity contribution is -0.145. The van der Waals surface area contributed by atoms with Gasteiger partial charge in [0.2, 0.25) is 5.91 Å². The summed E-state index contributed by atoms with van der Waals surface area (Å²) in [5.74, 6) is -3.05. The molecule has 0 saturated heterocycles. The zero-order valence-corrected chi connectivity index (χ0v) is 15.5. The van der Waals surface area contributed by atoms with E-state index in [1.165, 1.54) is 13.2 Å². The fourth-order valence-corrected chi connectivity index (χ4v) is 2.63. The SMILES string of the molecule is COC(=O)[C@H](Cc1ccc(I)cc1)NC(=O)Cc1ccc(F)c(F)c1. The zero-order valence-electron chi connectivity index (χ0n) is 13.4. The topological polar surface area (TPSA) is 55.4 Å². The van der Waals surface area contributed by atoms with Crippen molar-refractivity contribution in [2.45, 2.75) is 18.9 Å². The molecule has 1 amide bonds. The maximum atomic E-state index is 13.2. The number of rotatable bonds is 6. The van der Waals surface area contributed by atoms with E-state index < -0.39 is 29.6 Å².